The second-order valence-electron chi connectivity index (χ2n) is 4.15. The van der Waals surface area contributed by atoms with Crippen molar-refractivity contribution >= 4 is 17.2 Å². The Bertz CT molecular complexity index is 351. The molecule has 1 atom stereocenters. The Labute approximate surface area is 107 Å². The number of amides is 1. The van der Waals surface area contributed by atoms with E-state index >= 15 is 0 Å². The summed E-state index contributed by atoms with van der Waals surface area (Å²) in [4.78, 5) is 15.9. The first-order chi connectivity index (χ1) is 8.13. The van der Waals surface area contributed by atoms with Crippen LogP contribution in [0.2, 0.25) is 0 Å². The molecule has 4 nitrogen and oxygen atoms in total. The van der Waals surface area contributed by atoms with Crippen molar-refractivity contribution in [3.63, 3.8) is 0 Å². The second-order valence-corrected chi connectivity index (χ2v) is 5.21. The molecule has 5 heteroatoms. The summed E-state index contributed by atoms with van der Waals surface area (Å²) in [6.45, 7) is 4.68. The van der Waals surface area contributed by atoms with Gasteiger partial charge in [0.2, 0.25) is 5.91 Å². The molecule has 3 N–H and O–H groups in total. The number of carbonyl (C=O) groups excluding carboxylic acids is 1. The lowest BCUT2D eigenvalue weighted by Crippen LogP contribution is -2.41. The monoisotopic (exact) mass is 255 g/mol. The highest BCUT2D eigenvalue weighted by Gasteiger charge is 2.11. The topological polar surface area (TPSA) is 68.0 Å². The largest absolute Gasteiger partial charge is 0.354 e. The molecule has 0 aliphatic heterocycles. The molecular weight excluding hydrogens is 234 g/mol. The zero-order chi connectivity index (χ0) is 12.7. The first-order valence-electron chi connectivity index (χ1n) is 6.07. The molecule has 0 saturated carbocycles. The van der Waals surface area contributed by atoms with Crippen LogP contribution in [0.5, 0.6) is 0 Å². The minimum Gasteiger partial charge on any atom is -0.354 e. The third-order valence-corrected chi connectivity index (χ3v) is 3.37. The number of nitrogens with zero attached hydrogens (tertiary/aromatic N) is 1. The quantitative estimate of drug-likeness (QED) is 0.778. The highest BCUT2D eigenvalue weighted by Crippen LogP contribution is 2.07. The number of aryl methyl sites for hydroxylation is 1. The summed E-state index contributed by atoms with van der Waals surface area (Å²) in [5.74, 6) is -0.0506. The van der Waals surface area contributed by atoms with Crippen molar-refractivity contribution in [3.05, 3.63) is 16.1 Å². The maximum absolute atomic E-state index is 11.6. The maximum atomic E-state index is 11.6. The smallest absolute Gasteiger partial charge is 0.236 e. The van der Waals surface area contributed by atoms with Crippen LogP contribution in [0.4, 0.5) is 0 Å². The molecule has 1 aromatic rings. The SMILES string of the molecule is CCCCC(N)C(=O)NCCc1csc(C)n1. The van der Waals surface area contributed by atoms with E-state index in [0.29, 0.717) is 6.54 Å². The molecule has 0 bridgehead atoms. The van der Waals surface area contributed by atoms with Crippen LogP contribution in [0.1, 0.15) is 36.9 Å². The van der Waals surface area contributed by atoms with Gasteiger partial charge in [0, 0.05) is 18.3 Å². The van der Waals surface area contributed by atoms with Gasteiger partial charge in [-0.3, -0.25) is 4.79 Å². The van der Waals surface area contributed by atoms with E-state index in [9.17, 15) is 4.79 Å². The van der Waals surface area contributed by atoms with Crippen LogP contribution in [0.15, 0.2) is 5.38 Å². The van der Waals surface area contributed by atoms with Crippen molar-refractivity contribution in [3.8, 4) is 0 Å². The van der Waals surface area contributed by atoms with Crippen LogP contribution < -0.4 is 11.1 Å². The molecule has 0 fully saturated rings. The third-order valence-electron chi connectivity index (χ3n) is 2.55. The number of hydrogen-bond acceptors (Lipinski definition) is 4. The molecule has 1 unspecified atom stereocenters. The zero-order valence-corrected chi connectivity index (χ0v) is 11.3. The Kier molecular flexibility index (Phi) is 6.15. The number of hydrogen-bond donors (Lipinski definition) is 2. The zero-order valence-electron chi connectivity index (χ0n) is 10.5. The van der Waals surface area contributed by atoms with Crippen molar-refractivity contribution in [2.45, 2.75) is 45.6 Å². The number of nitrogens with one attached hydrogen (secondary N) is 1. The number of aromatic nitrogens is 1. The van der Waals surface area contributed by atoms with E-state index in [1.807, 2.05) is 12.3 Å². The lowest BCUT2D eigenvalue weighted by molar-refractivity contribution is -0.122. The van der Waals surface area contributed by atoms with E-state index in [1.54, 1.807) is 11.3 Å². The summed E-state index contributed by atoms with van der Waals surface area (Å²) in [7, 11) is 0. The Hall–Kier alpha value is -0.940. The van der Waals surface area contributed by atoms with Crippen LogP contribution in [0.25, 0.3) is 0 Å². The standard InChI is InChI=1S/C12H21N3OS/c1-3-4-5-11(13)12(16)14-7-6-10-8-17-9(2)15-10/h8,11H,3-7,13H2,1-2H3,(H,14,16). The Morgan fingerprint density at radius 2 is 2.41 bits per heavy atom. The first kappa shape index (κ1) is 14.1. The van der Waals surface area contributed by atoms with Gasteiger partial charge in [-0.2, -0.15) is 0 Å². The minimum atomic E-state index is -0.368. The van der Waals surface area contributed by atoms with Gasteiger partial charge in [0.15, 0.2) is 0 Å². The van der Waals surface area contributed by atoms with Gasteiger partial charge in [0.25, 0.3) is 0 Å². The number of unbranched alkanes of at least 4 members (excludes halogenated alkanes) is 1. The molecule has 0 spiro atoms. The van der Waals surface area contributed by atoms with E-state index in [2.05, 4.69) is 17.2 Å². The average molecular weight is 255 g/mol. The second kappa shape index (κ2) is 7.40. The molecule has 0 saturated heterocycles. The molecule has 17 heavy (non-hydrogen) atoms. The number of thiazole rings is 1. The summed E-state index contributed by atoms with van der Waals surface area (Å²) in [5.41, 5.74) is 6.80. The van der Waals surface area contributed by atoms with Gasteiger partial charge in [-0.25, -0.2) is 4.98 Å². The van der Waals surface area contributed by atoms with Gasteiger partial charge >= 0.3 is 0 Å². The van der Waals surface area contributed by atoms with Gasteiger partial charge in [0.1, 0.15) is 0 Å². The highest BCUT2D eigenvalue weighted by molar-refractivity contribution is 7.09. The summed E-state index contributed by atoms with van der Waals surface area (Å²) < 4.78 is 0. The molecule has 1 rings (SSSR count). The highest BCUT2D eigenvalue weighted by atomic mass is 32.1. The summed E-state index contributed by atoms with van der Waals surface area (Å²) >= 11 is 1.63. The van der Waals surface area contributed by atoms with Gasteiger partial charge in [-0.05, 0) is 13.3 Å². The van der Waals surface area contributed by atoms with Crippen LogP contribution in [0.3, 0.4) is 0 Å². The molecule has 1 amide bonds. The van der Waals surface area contributed by atoms with E-state index in [4.69, 9.17) is 5.73 Å². The van der Waals surface area contributed by atoms with Crippen LogP contribution in [-0.4, -0.2) is 23.5 Å². The van der Waals surface area contributed by atoms with Crippen molar-refractivity contribution in [2.75, 3.05) is 6.54 Å². The van der Waals surface area contributed by atoms with Gasteiger partial charge in [-0.1, -0.05) is 19.8 Å². The Morgan fingerprint density at radius 3 is 3.00 bits per heavy atom. The van der Waals surface area contributed by atoms with Crippen LogP contribution in [0, 0.1) is 6.92 Å². The first-order valence-corrected chi connectivity index (χ1v) is 6.95. The molecule has 0 aliphatic rings. The predicted molar refractivity (Wildman–Crippen MR) is 71.1 cm³/mol. The number of nitrogens with two attached hydrogens (primary N) is 1. The fraction of sp³-hybridized carbons (Fsp3) is 0.667. The van der Waals surface area contributed by atoms with Crippen LogP contribution >= 0.6 is 11.3 Å². The maximum Gasteiger partial charge on any atom is 0.236 e. The van der Waals surface area contributed by atoms with Gasteiger partial charge in [0.05, 0.1) is 16.7 Å². The van der Waals surface area contributed by atoms with Crippen molar-refractivity contribution < 1.29 is 4.79 Å². The van der Waals surface area contributed by atoms with Crippen molar-refractivity contribution in [2.24, 2.45) is 5.73 Å². The fourth-order valence-electron chi connectivity index (χ4n) is 1.52. The van der Waals surface area contributed by atoms with E-state index < -0.39 is 0 Å². The molecule has 1 heterocycles. The molecule has 1 aromatic heterocycles. The predicted octanol–water partition coefficient (Wildman–Crippen LogP) is 1.63. The summed E-state index contributed by atoms with van der Waals surface area (Å²) in [6.07, 6.45) is 3.60. The van der Waals surface area contributed by atoms with Gasteiger partial charge < -0.3 is 11.1 Å². The van der Waals surface area contributed by atoms with E-state index in [0.717, 1.165) is 36.4 Å². The molecule has 0 aliphatic carbocycles. The fourth-order valence-corrected chi connectivity index (χ4v) is 2.17. The van der Waals surface area contributed by atoms with Gasteiger partial charge in [-0.15, -0.1) is 11.3 Å². The van der Waals surface area contributed by atoms with E-state index in [-0.39, 0.29) is 11.9 Å². The molecule has 0 aromatic carbocycles. The third kappa shape index (κ3) is 5.28. The Morgan fingerprint density at radius 1 is 1.65 bits per heavy atom. The molecule has 0 radical (unpaired) electrons. The molecule has 96 valence electrons. The van der Waals surface area contributed by atoms with Crippen LogP contribution in [-0.2, 0) is 11.2 Å². The Balaban J connectivity index is 2.19. The molecular formula is C12H21N3OS. The summed E-state index contributed by atoms with van der Waals surface area (Å²) in [5, 5.41) is 5.94. The lowest BCUT2D eigenvalue weighted by atomic mass is 10.1. The van der Waals surface area contributed by atoms with E-state index in [1.165, 1.54) is 0 Å². The lowest BCUT2D eigenvalue weighted by Gasteiger charge is -2.10. The minimum absolute atomic E-state index is 0.0506. The summed E-state index contributed by atoms with van der Waals surface area (Å²) in [6, 6.07) is -0.368. The van der Waals surface area contributed by atoms with Crippen molar-refractivity contribution in [1.82, 2.24) is 10.3 Å². The average Bonchev–Trinajstić information content (AvgIpc) is 2.71. The normalized spacial score (nSPS) is 12.4. The van der Waals surface area contributed by atoms with Crippen molar-refractivity contribution in [1.29, 1.82) is 0 Å². The number of rotatable bonds is 7. The number of carbonyl (C=O) groups is 1.